The number of amides is 1. The van der Waals surface area contributed by atoms with Crippen molar-refractivity contribution in [1.82, 2.24) is 15.0 Å². The molecule has 1 aliphatic rings. The van der Waals surface area contributed by atoms with Gasteiger partial charge in [0.15, 0.2) is 5.82 Å². The van der Waals surface area contributed by atoms with Crippen molar-refractivity contribution < 1.29 is 14.1 Å². The number of benzene rings is 3. The van der Waals surface area contributed by atoms with Crippen LogP contribution in [0.1, 0.15) is 33.6 Å². The van der Waals surface area contributed by atoms with Gasteiger partial charge in [-0.1, -0.05) is 65.8 Å². The molecule has 6 heteroatoms. The third kappa shape index (κ3) is 3.99. The fraction of sp³-hybridized carbons (Fsp3) is 0.192. The van der Waals surface area contributed by atoms with E-state index in [1.807, 2.05) is 71.6 Å². The van der Waals surface area contributed by atoms with Crippen LogP contribution in [-0.4, -0.2) is 41.1 Å². The van der Waals surface area contributed by atoms with Crippen LogP contribution in [0.5, 0.6) is 5.75 Å². The van der Waals surface area contributed by atoms with Gasteiger partial charge in [0.25, 0.3) is 5.91 Å². The minimum Gasteiger partial charge on any atom is -0.496 e. The number of methoxy groups -OCH3 is 1. The zero-order valence-electron chi connectivity index (χ0n) is 17.8. The Hall–Kier alpha value is -3.93. The fourth-order valence-corrected chi connectivity index (χ4v) is 3.94. The molecule has 1 amide bonds. The molecule has 3 aromatic carbocycles. The topological polar surface area (TPSA) is 68.5 Å². The van der Waals surface area contributed by atoms with Crippen LogP contribution in [0.25, 0.3) is 11.1 Å². The lowest BCUT2D eigenvalue weighted by Crippen LogP contribution is -2.48. The Morgan fingerprint density at radius 3 is 2.41 bits per heavy atom. The lowest BCUT2D eigenvalue weighted by Gasteiger charge is -2.37. The fourth-order valence-electron chi connectivity index (χ4n) is 3.94. The van der Waals surface area contributed by atoms with Crippen molar-refractivity contribution in [1.29, 1.82) is 0 Å². The van der Waals surface area contributed by atoms with E-state index in [4.69, 9.17) is 9.26 Å². The number of carbonyl (C=O) groups excluding carboxylic acids is 1. The quantitative estimate of drug-likeness (QED) is 0.452. The van der Waals surface area contributed by atoms with Crippen LogP contribution in [-0.2, 0) is 6.42 Å². The first-order valence-electron chi connectivity index (χ1n) is 10.6. The summed E-state index contributed by atoms with van der Waals surface area (Å²) >= 11 is 0. The average molecular weight is 425 g/mol. The number of carbonyl (C=O) groups is 1. The zero-order valence-corrected chi connectivity index (χ0v) is 17.8. The highest BCUT2D eigenvalue weighted by Crippen LogP contribution is 2.29. The Morgan fingerprint density at radius 1 is 0.969 bits per heavy atom. The molecule has 0 saturated carbocycles. The first kappa shape index (κ1) is 20.0. The van der Waals surface area contributed by atoms with E-state index in [9.17, 15) is 4.79 Å². The van der Waals surface area contributed by atoms with Crippen molar-refractivity contribution in [2.24, 2.45) is 0 Å². The molecule has 0 unspecified atom stereocenters. The molecule has 1 saturated heterocycles. The molecule has 0 spiro atoms. The first-order chi connectivity index (χ1) is 15.7. The molecule has 160 valence electrons. The zero-order chi connectivity index (χ0) is 21.9. The number of hydrogen-bond donors (Lipinski definition) is 0. The molecule has 0 atom stereocenters. The molecular formula is C26H23N3O3. The van der Waals surface area contributed by atoms with E-state index >= 15 is 0 Å². The van der Waals surface area contributed by atoms with Gasteiger partial charge in [-0.05, 0) is 29.3 Å². The molecule has 6 nitrogen and oxygen atoms in total. The van der Waals surface area contributed by atoms with Gasteiger partial charge in [0.2, 0.25) is 5.89 Å². The van der Waals surface area contributed by atoms with Gasteiger partial charge in [-0.25, -0.2) is 0 Å². The van der Waals surface area contributed by atoms with E-state index in [1.54, 1.807) is 7.11 Å². The maximum absolute atomic E-state index is 12.8. The third-order valence-electron chi connectivity index (χ3n) is 5.78. The first-order valence-corrected chi connectivity index (χ1v) is 10.6. The second-order valence-electron chi connectivity index (χ2n) is 7.89. The van der Waals surface area contributed by atoms with Crippen LogP contribution in [0.4, 0.5) is 0 Å². The van der Waals surface area contributed by atoms with Crippen molar-refractivity contribution in [3.8, 4) is 16.9 Å². The molecular weight excluding hydrogens is 402 g/mol. The van der Waals surface area contributed by atoms with Crippen molar-refractivity contribution in [2.75, 3.05) is 20.2 Å². The van der Waals surface area contributed by atoms with E-state index in [1.165, 1.54) is 0 Å². The van der Waals surface area contributed by atoms with E-state index in [0.29, 0.717) is 36.8 Å². The molecule has 0 N–H and O–H groups in total. The van der Waals surface area contributed by atoms with Gasteiger partial charge in [-0.2, -0.15) is 4.98 Å². The summed E-state index contributed by atoms with van der Waals surface area (Å²) in [5, 5.41) is 4.11. The molecule has 1 aliphatic heterocycles. The highest BCUT2D eigenvalue weighted by Gasteiger charge is 2.36. The van der Waals surface area contributed by atoms with Crippen molar-refractivity contribution in [3.63, 3.8) is 0 Å². The van der Waals surface area contributed by atoms with Crippen LogP contribution in [0.2, 0.25) is 0 Å². The average Bonchev–Trinajstić information content (AvgIpc) is 3.27. The molecule has 32 heavy (non-hydrogen) atoms. The standard InChI is InChI=1S/C26H23N3O3/c1-31-23-10-6-5-9-21(23)15-24-27-25(32-28-24)22-16-29(17-22)26(30)20-13-11-19(12-14-20)18-7-3-2-4-8-18/h2-14,22H,15-17H2,1H3. The lowest BCUT2D eigenvalue weighted by atomic mass is 9.98. The molecule has 4 aromatic rings. The number of ether oxygens (including phenoxy) is 1. The van der Waals surface area contributed by atoms with Gasteiger partial charge in [-0.3, -0.25) is 4.79 Å². The van der Waals surface area contributed by atoms with Gasteiger partial charge in [0, 0.05) is 30.6 Å². The summed E-state index contributed by atoms with van der Waals surface area (Å²) in [6, 6.07) is 25.7. The van der Waals surface area contributed by atoms with Crippen LogP contribution in [0.3, 0.4) is 0 Å². The molecule has 1 aromatic heterocycles. The van der Waals surface area contributed by atoms with E-state index in [-0.39, 0.29) is 11.8 Å². The summed E-state index contributed by atoms with van der Waals surface area (Å²) in [6.45, 7) is 1.16. The molecule has 0 aliphatic carbocycles. The summed E-state index contributed by atoms with van der Waals surface area (Å²) in [7, 11) is 1.65. The van der Waals surface area contributed by atoms with Crippen LogP contribution >= 0.6 is 0 Å². The summed E-state index contributed by atoms with van der Waals surface area (Å²) in [5.41, 5.74) is 3.92. The summed E-state index contributed by atoms with van der Waals surface area (Å²) in [5.74, 6) is 2.10. The maximum atomic E-state index is 12.8. The van der Waals surface area contributed by atoms with E-state index < -0.39 is 0 Å². The van der Waals surface area contributed by atoms with Crippen LogP contribution in [0, 0.1) is 0 Å². The molecule has 1 fully saturated rings. The number of aromatic nitrogens is 2. The Labute approximate surface area is 186 Å². The third-order valence-corrected chi connectivity index (χ3v) is 5.78. The molecule has 0 bridgehead atoms. The number of hydrogen-bond acceptors (Lipinski definition) is 5. The largest absolute Gasteiger partial charge is 0.496 e. The van der Waals surface area contributed by atoms with Gasteiger partial charge in [0.05, 0.1) is 13.0 Å². The van der Waals surface area contributed by atoms with E-state index in [2.05, 4.69) is 22.3 Å². The van der Waals surface area contributed by atoms with Crippen molar-refractivity contribution >= 4 is 5.91 Å². The summed E-state index contributed by atoms with van der Waals surface area (Å²) < 4.78 is 10.9. The predicted octanol–water partition coefficient (Wildman–Crippen LogP) is 4.58. The van der Waals surface area contributed by atoms with Gasteiger partial charge in [0.1, 0.15) is 5.75 Å². The number of nitrogens with zero attached hydrogens (tertiary/aromatic N) is 3. The van der Waals surface area contributed by atoms with Gasteiger partial charge < -0.3 is 14.2 Å². The minimum atomic E-state index is 0.0228. The Kier molecular flexibility index (Phi) is 5.42. The predicted molar refractivity (Wildman–Crippen MR) is 121 cm³/mol. The number of rotatable bonds is 6. The Morgan fingerprint density at radius 2 is 1.66 bits per heavy atom. The maximum Gasteiger partial charge on any atom is 0.253 e. The highest BCUT2D eigenvalue weighted by atomic mass is 16.5. The number of likely N-dealkylation sites (tertiary alicyclic amines) is 1. The SMILES string of the molecule is COc1ccccc1Cc1noc(C2CN(C(=O)c3ccc(-c4ccccc4)cc3)C2)n1. The second kappa shape index (κ2) is 8.67. The van der Waals surface area contributed by atoms with Crippen LogP contribution in [0.15, 0.2) is 83.4 Å². The normalized spacial score (nSPS) is 13.6. The highest BCUT2D eigenvalue weighted by molar-refractivity contribution is 5.95. The monoisotopic (exact) mass is 425 g/mol. The smallest absolute Gasteiger partial charge is 0.253 e. The van der Waals surface area contributed by atoms with Gasteiger partial charge in [-0.15, -0.1) is 0 Å². The molecule has 5 rings (SSSR count). The molecule has 2 heterocycles. The Balaban J connectivity index is 1.19. The number of para-hydroxylation sites is 1. The van der Waals surface area contributed by atoms with Crippen molar-refractivity contribution in [3.05, 3.63) is 102 Å². The minimum absolute atomic E-state index is 0.0228. The lowest BCUT2D eigenvalue weighted by molar-refractivity contribution is 0.0569. The van der Waals surface area contributed by atoms with Gasteiger partial charge >= 0.3 is 0 Å². The molecule has 0 radical (unpaired) electrons. The summed E-state index contributed by atoms with van der Waals surface area (Å²) in [4.78, 5) is 19.2. The summed E-state index contributed by atoms with van der Waals surface area (Å²) in [6.07, 6.45) is 0.538. The second-order valence-corrected chi connectivity index (χ2v) is 7.89. The van der Waals surface area contributed by atoms with Crippen LogP contribution < -0.4 is 4.74 Å². The van der Waals surface area contributed by atoms with Crippen molar-refractivity contribution in [2.45, 2.75) is 12.3 Å². The van der Waals surface area contributed by atoms with E-state index in [0.717, 1.165) is 22.4 Å². The Bertz CT molecular complexity index is 1210.